The predicted molar refractivity (Wildman–Crippen MR) is 76.8 cm³/mol. The molecule has 0 aliphatic carbocycles. The summed E-state index contributed by atoms with van der Waals surface area (Å²) in [6, 6.07) is 0. The van der Waals surface area contributed by atoms with Gasteiger partial charge in [-0.2, -0.15) is 0 Å². The Balaban J connectivity index is 4.69. The highest BCUT2D eigenvalue weighted by molar-refractivity contribution is 8.03. The molecule has 0 heterocycles. The molecular formula is C12H25O3PS. The van der Waals surface area contributed by atoms with E-state index in [1.807, 2.05) is 27.7 Å². The maximum Gasteiger partial charge on any atom is 0.335 e. The summed E-state index contributed by atoms with van der Waals surface area (Å²) in [6.07, 6.45) is 1.51. The Morgan fingerprint density at radius 3 is 2.00 bits per heavy atom. The van der Waals surface area contributed by atoms with Crippen molar-refractivity contribution >= 4 is 19.4 Å². The highest BCUT2D eigenvalue weighted by Crippen LogP contribution is 2.51. The third-order valence-corrected chi connectivity index (χ3v) is 5.76. The third-order valence-electron chi connectivity index (χ3n) is 2.03. The van der Waals surface area contributed by atoms with Gasteiger partial charge in [0, 0.05) is 0 Å². The van der Waals surface area contributed by atoms with E-state index in [2.05, 4.69) is 6.92 Å². The zero-order valence-electron chi connectivity index (χ0n) is 11.6. The summed E-state index contributed by atoms with van der Waals surface area (Å²) in [5.41, 5.74) is 1.20. The van der Waals surface area contributed by atoms with Crippen LogP contribution in [0.15, 0.2) is 10.5 Å². The van der Waals surface area contributed by atoms with Crippen LogP contribution in [-0.2, 0) is 13.6 Å². The van der Waals surface area contributed by atoms with E-state index in [-0.39, 0.29) is 0 Å². The number of hydrogen-bond acceptors (Lipinski definition) is 4. The van der Waals surface area contributed by atoms with Crippen molar-refractivity contribution in [2.24, 2.45) is 0 Å². The van der Waals surface area contributed by atoms with Gasteiger partial charge in [0.25, 0.3) is 0 Å². The molecule has 3 nitrogen and oxygen atoms in total. The second-order valence-corrected chi connectivity index (χ2v) is 7.12. The molecule has 0 atom stereocenters. The molecule has 0 aromatic heterocycles. The highest BCUT2D eigenvalue weighted by Gasteiger charge is 2.25. The quantitative estimate of drug-likeness (QED) is 0.574. The first-order valence-corrected chi connectivity index (χ1v) is 8.87. The Morgan fingerprint density at radius 1 is 1.12 bits per heavy atom. The normalized spacial score (nSPS) is 11.6. The molecule has 0 saturated heterocycles. The molecule has 0 spiro atoms. The van der Waals surface area contributed by atoms with Gasteiger partial charge in [-0.25, -0.2) is 0 Å². The largest absolute Gasteiger partial charge is 0.335 e. The Bertz CT molecular complexity index is 275. The van der Waals surface area contributed by atoms with Gasteiger partial charge in [-0.1, -0.05) is 12.5 Å². The van der Waals surface area contributed by atoms with Gasteiger partial charge in [0.15, 0.2) is 0 Å². The lowest BCUT2D eigenvalue weighted by Gasteiger charge is -2.19. The molecule has 5 heteroatoms. The summed E-state index contributed by atoms with van der Waals surface area (Å²) < 4.78 is 23.0. The molecule has 0 aliphatic rings. The van der Waals surface area contributed by atoms with Crippen molar-refractivity contribution in [3.8, 4) is 0 Å². The molecule has 0 rings (SSSR count). The molecule has 0 amide bonds. The Hall–Kier alpha value is 0.240. The molecule has 0 radical (unpaired) electrons. The summed E-state index contributed by atoms with van der Waals surface area (Å²) in [5.74, 6) is 1.04. The van der Waals surface area contributed by atoms with E-state index in [4.69, 9.17) is 9.05 Å². The fourth-order valence-corrected chi connectivity index (χ4v) is 4.56. The van der Waals surface area contributed by atoms with Gasteiger partial charge in [-0.15, -0.1) is 11.8 Å². The van der Waals surface area contributed by atoms with E-state index in [0.717, 1.165) is 17.1 Å². The number of hydrogen-bond donors (Lipinski definition) is 0. The Labute approximate surface area is 110 Å². The summed E-state index contributed by atoms with van der Waals surface area (Å²) in [7, 11) is -2.95. The van der Waals surface area contributed by atoms with Crippen LogP contribution in [0.25, 0.3) is 0 Å². The SMILES string of the molecule is CCCSC(CP(=O)(OCC)OCC)=C(C)C. The zero-order valence-corrected chi connectivity index (χ0v) is 13.3. The van der Waals surface area contributed by atoms with Crippen molar-refractivity contribution in [3.05, 3.63) is 10.5 Å². The van der Waals surface area contributed by atoms with Gasteiger partial charge in [0.1, 0.15) is 0 Å². The average Bonchev–Trinajstić information content (AvgIpc) is 2.24. The Morgan fingerprint density at radius 2 is 1.65 bits per heavy atom. The topological polar surface area (TPSA) is 35.5 Å². The minimum absolute atomic E-state index is 0.404. The number of allylic oxidation sites excluding steroid dienone is 2. The van der Waals surface area contributed by atoms with Crippen molar-refractivity contribution in [2.45, 2.75) is 41.0 Å². The van der Waals surface area contributed by atoms with Gasteiger partial charge in [0.05, 0.1) is 19.4 Å². The first-order chi connectivity index (χ1) is 7.99. The van der Waals surface area contributed by atoms with Crippen LogP contribution in [-0.4, -0.2) is 25.1 Å². The predicted octanol–water partition coefficient (Wildman–Crippen LogP) is 4.69. The van der Waals surface area contributed by atoms with Gasteiger partial charge in [-0.3, -0.25) is 4.57 Å². The van der Waals surface area contributed by atoms with Crippen LogP contribution in [0.4, 0.5) is 0 Å². The molecule has 0 unspecified atom stereocenters. The molecule has 17 heavy (non-hydrogen) atoms. The van der Waals surface area contributed by atoms with Crippen molar-refractivity contribution in [1.82, 2.24) is 0 Å². The van der Waals surface area contributed by atoms with Crippen molar-refractivity contribution < 1.29 is 13.6 Å². The van der Waals surface area contributed by atoms with Crippen LogP contribution in [0.5, 0.6) is 0 Å². The summed E-state index contributed by atoms with van der Waals surface area (Å²) >= 11 is 1.76. The van der Waals surface area contributed by atoms with Gasteiger partial charge in [0.2, 0.25) is 0 Å². The van der Waals surface area contributed by atoms with E-state index >= 15 is 0 Å². The summed E-state index contributed by atoms with van der Waals surface area (Å²) in [5, 5.41) is 0. The summed E-state index contributed by atoms with van der Waals surface area (Å²) in [4.78, 5) is 1.14. The maximum atomic E-state index is 12.4. The second-order valence-electron chi connectivity index (χ2n) is 3.88. The molecule has 0 bridgehead atoms. The van der Waals surface area contributed by atoms with E-state index in [1.54, 1.807) is 11.8 Å². The number of thioether (sulfide) groups is 1. The third kappa shape index (κ3) is 7.30. The molecule has 0 aromatic rings. The molecule has 102 valence electrons. The lowest BCUT2D eigenvalue weighted by molar-refractivity contribution is 0.222. The van der Waals surface area contributed by atoms with Gasteiger partial charge in [-0.05, 0) is 44.8 Å². The van der Waals surface area contributed by atoms with E-state index < -0.39 is 7.60 Å². The van der Waals surface area contributed by atoms with E-state index in [9.17, 15) is 4.57 Å². The van der Waals surface area contributed by atoms with Crippen LogP contribution in [0.1, 0.15) is 41.0 Å². The first-order valence-electron chi connectivity index (χ1n) is 6.16. The minimum atomic E-state index is -2.95. The van der Waals surface area contributed by atoms with Crippen LogP contribution in [0, 0.1) is 0 Å². The van der Waals surface area contributed by atoms with E-state index in [0.29, 0.717) is 19.4 Å². The highest BCUT2D eigenvalue weighted by atomic mass is 32.2. The zero-order chi connectivity index (χ0) is 13.3. The average molecular weight is 280 g/mol. The molecule has 0 aliphatic heterocycles. The molecule has 0 saturated carbocycles. The smallest absolute Gasteiger partial charge is 0.309 e. The monoisotopic (exact) mass is 280 g/mol. The van der Waals surface area contributed by atoms with E-state index in [1.165, 1.54) is 5.57 Å². The van der Waals surface area contributed by atoms with Crippen LogP contribution in [0.2, 0.25) is 0 Å². The van der Waals surface area contributed by atoms with Crippen molar-refractivity contribution in [3.63, 3.8) is 0 Å². The maximum absolute atomic E-state index is 12.4. The minimum Gasteiger partial charge on any atom is -0.309 e. The standard InChI is InChI=1S/C12H25O3PS/c1-6-9-17-12(11(4)5)10-16(13,14-7-2)15-8-3/h6-10H2,1-5H3. The fourth-order valence-electron chi connectivity index (χ4n) is 1.27. The van der Waals surface area contributed by atoms with Crippen molar-refractivity contribution in [2.75, 3.05) is 25.1 Å². The second kappa shape index (κ2) is 9.21. The van der Waals surface area contributed by atoms with Gasteiger partial charge < -0.3 is 9.05 Å². The Kier molecular flexibility index (Phi) is 9.34. The lowest BCUT2D eigenvalue weighted by atomic mass is 10.3. The summed E-state index contributed by atoms with van der Waals surface area (Å²) in [6.45, 7) is 10.7. The van der Waals surface area contributed by atoms with Crippen LogP contribution < -0.4 is 0 Å². The van der Waals surface area contributed by atoms with Crippen LogP contribution >= 0.6 is 19.4 Å². The molecular weight excluding hydrogens is 255 g/mol. The van der Waals surface area contributed by atoms with Crippen LogP contribution in [0.3, 0.4) is 0 Å². The molecule has 0 fully saturated rings. The number of rotatable bonds is 9. The van der Waals surface area contributed by atoms with Crippen molar-refractivity contribution in [1.29, 1.82) is 0 Å². The molecule has 0 aromatic carbocycles. The lowest BCUT2D eigenvalue weighted by Crippen LogP contribution is -2.02. The molecule has 0 N–H and O–H groups in total. The van der Waals surface area contributed by atoms with Gasteiger partial charge >= 0.3 is 7.60 Å². The fraction of sp³-hybridized carbons (Fsp3) is 0.833. The first kappa shape index (κ1) is 17.2.